The van der Waals surface area contributed by atoms with Crippen LogP contribution >= 0.6 is 0 Å². The highest BCUT2D eigenvalue weighted by atomic mass is 16.3. The second kappa shape index (κ2) is 10.6. The molecule has 0 bridgehead atoms. The summed E-state index contributed by atoms with van der Waals surface area (Å²) in [7, 11) is 0. The fourth-order valence-corrected chi connectivity index (χ4v) is 5.79. The van der Waals surface area contributed by atoms with Crippen molar-refractivity contribution in [1.82, 2.24) is 9.97 Å². The van der Waals surface area contributed by atoms with E-state index in [9.17, 15) is 0 Å². The monoisotopic (exact) mass is 550 g/mol. The molecule has 0 saturated carbocycles. The van der Waals surface area contributed by atoms with Gasteiger partial charge in [-0.3, -0.25) is 0 Å². The summed E-state index contributed by atoms with van der Waals surface area (Å²) in [6, 6.07) is 54.7. The highest BCUT2D eigenvalue weighted by Crippen LogP contribution is 2.38. The normalized spacial score (nSPS) is 11.3. The maximum atomic E-state index is 6.00. The molecular weight excluding hydrogens is 524 g/mol. The molecule has 2 heterocycles. The fourth-order valence-electron chi connectivity index (χ4n) is 5.79. The topological polar surface area (TPSA) is 38.9 Å². The number of nitrogens with zero attached hydrogens (tertiary/aromatic N) is 2. The van der Waals surface area contributed by atoms with Crippen LogP contribution in [0.3, 0.4) is 0 Å². The van der Waals surface area contributed by atoms with Crippen molar-refractivity contribution in [2.75, 3.05) is 0 Å². The predicted octanol–water partition coefficient (Wildman–Crippen LogP) is 10.7. The highest BCUT2D eigenvalue weighted by molar-refractivity contribution is 6.05. The summed E-state index contributed by atoms with van der Waals surface area (Å²) in [5, 5.41) is 2.40. The van der Waals surface area contributed by atoms with Crippen LogP contribution in [0.15, 0.2) is 162 Å². The van der Waals surface area contributed by atoms with Gasteiger partial charge < -0.3 is 4.42 Å². The van der Waals surface area contributed by atoms with E-state index in [2.05, 4.69) is 126 Å². The average Bonchev–Trinajstić information content (AvgIpc) is 3.53. The van der Waals surface area contributed by atoms with Gasteiger partial charge in [0.2, 0.25) is 5.89 Å². The largest absolute Gasteiger partial charge is 0.436 e. The Balaban J connectivity index is 1.24. The lowest BCUT2D eigenvalue weighted by Crippen LogP contribution is -1.92. The summed E-state index contributed by atoms with van der Waals surface area (Å²) in [6.45, 7) is 0. The van der Waals surface area contributed by atoms with Crippen LogP contribution in [-0.2, 0) is 0 Å². The first-order valence-electron chi connectivity index (χ1n) is 14.4. The smallest absolute Gasteiger partial charge is 0.227 e. The van der Waals surface area contributed by atoms with Gasteiger partial charge in [-0.2, -0.15) is 0 Å². The highest BCUT2D eigenvalue weighted by Gasteiger charge is 2.14. The van der Waals surface area contributed by atoms with Crippen LogP contribution < -0.4 is 0 Å². The summed E-state index contributed by atoms with van der Waals surface area (Å²) in [4.78, 5) is 9.75. The minimum absolute atomic E-state index is 0.633. The van der Waals surface area contributed by atoms with E-state index in [0.717, 1.165) is 50.3 Å². The lowest BCUT2D eigenvalue weighted by molar-refractivity contribution is 0.620. The van der Waals surface area contributed by atoms with Crippen LogP contribution in [0.2, 0.25) is 0 Å². The summed E-state index contributed by atoms with van der Waals surface area (Å²) in [6.07, 6.45) is 0. The van der Waals surface area contributed by atoms with E-state index in [-0.39, 0.29) is 0 Å². The Morgan fingerprint density at radius 3 is 1.49 bits per heavy atom. The minimum atomic E-state index is 0.633. The number of benzene rings is 6. The van der Waals surface area contributed by atoms with Gasteiger partial charge in [0.1, 0.15) is 5.52 Å². The number of hydrogen-bond donors (Lipinski definition) is 0. The maximum Gasteiger partial charge on any atom is 0.227 e. The zero-order valence-corrected chi connectivity index (χ0v) is 23.3. The zero-order chi connectivity index (χ0) is 28.6. The van der Waals surface area contributed by atoms with Gasteiger partial charge in [-0.15, -0.1) is 0 Å². The van der Waals surface area contributed by atoms with Crippen LogP contribution in [-0.4, -0.2) is 9.97 Å². The second-order valence-corrected chi connectivity index (χ2v) is 10.6. The lowest BCUT2D eigenvalue weighted by atomic mass is 9.91. The van der Waals surface area contributed by atoms with E-state index in [4.69, 9.17) is 9.40 Å². The van der Waals surface area contributed by atoms with Crippen molar-refractivity contribution in [3.05, 3.63) is 158 Å². The molecule has 6 aromatic carbocycles. The molecule has 8 rings (SSSR count). The Labute approximate surface area is 249 Å². The Morgan fingerprint density at radius 1 is 0.372 bits per heavy atom. The summed E-state index contributed by atoms with van der Waals surface area (Å²) >= 11 is 0. The average molecular weight is 551 g/mol. The molecule has 0 saturated heterocycles. The number of fused-ring (bicyclic) bond motifs is 2. The standard InChI is InChI=1S/C40H26N2O/c1-3-11-28(12-4-1)37-25-31(26-38(41-37)29-13-5-2-6-14-29)33-24-23-32(34-15-7-8-16-35(33)34)27-19-21-30(22-20-27)40-42-36-17-9-10-18-39(36)43-40/h1-26H. The van der Waals surface area contributed by atoms with E-state index in [1.807, 2.05) is 36.4 Å². The summed E-state index contributed by atoms with van der Waals surface area (Å²) in [5.41, 5.74) is 11.4. The van der Waals surface area contributed by atoms with Crippen LogP contribution in [0.25, 0.3) is 78.1 Å². The zero-order valence-electron chi connectivity index (χ0n) is 23.3. The molecule has 2 aromatic heterocycles. The predicted molar refractivity (Wildman–Crippen MR) is 176 cm³/mol. The number of oxazole rings is 1. The Morgan fingerprint density at radius 2 is 0.884 bits per heavy atom. The molecule has 0 N–H and O–H groups in total. The van der Waals surface area contributed by atoms with E-state index in [1.54, 1.807) is 0 Å². The Bertz CT molecular complexity index is 2130. The number of hydrogen-bond acceptors (Lipinski definition) is 3. The van der Waals surface area contributed by atoms with E-state index in [0.29, 0.717) is 5.89 Å². The molecule has 0 atom stereocenters. The van der Waals surface area contributed by atoms with E-state index < -0.39 is 0 Å². The maximum absolute atomic E-state index is 6.00. The number of rotatable bonds is 5. The van der Waals surface area contributed by atoms with Crippen molar-refractivity contribution in [2.24, 2.45) is 0 Å². The van der Waals surface area contributed by atoms with Crippen LogP contribution in [0.5, 0.6) is 0 Å². The molecule has 3 heteroatoms. The quantitative estimate of drug-likeness (QED) is 0.214. The van der Waals surface area contributed by atoms with Gasteiger partial charge in [0, 0.05) is 16.7 Å². The molecule has 0 radical (unpaired) electrons. The molecule has 0 unspecified atom stereocenters. The molecule has 0 aliphatic carbocycles. The lowest BCUT2D eigenvalue weighted by Gasteiger charge is -2.15. The third-order valence-electron chi connectivity index (χ3n) is 7.94. The van der Waals surface area contributed by atoms with E-state index >= 15 is 0 Å². The Kier molecular flexibility index (Phi) is 6.12. The van der Waals surface area contributed by atoms with Gasteiger partial charge >= 0.3 is 0 Å². The van der Waals surface area contributed by atoms with Gasteiger partial charge in [0.05, 0.1) is 11.4 Å². The molecule has 202 valence electrons. The van der Waals surface area contributed by atoms with Crippen LogP contribution in [0, 0.1) is 0 Å². The van der Waals surface area contributed by atoms with Crippen LogP contribution in [0.4, 0.5) is 0 Å². The molecule has 3 nitrogen and oxygen atoms in total. The van der Waals surface area contributed by atoms with Crippen molar-refractivity contribution in [2.45, 2.75) is 0 Å². The van der Waals surface area contributed by atoms with Gasteiger partial charge in [0.15, 0.2) is 5.58 Å². The van der Waals surface area contributed by atoms with Crippen molar-refractivity contribution in [3.8, 4) is 56.2 Å². The molecule has 0 amide bonds. The third-order valence-corrected chi connectivity index (χ3v) is 7.94. The summed E-state index contributed by atoms with van der Waals surface area (Å²) < 4.78 is 6.00. The molecule has 0 aliphatic rings. The first kappa shape index (κ1) is 25.0. The van der Waals surface area contributed by atoms with Crippen molar-refractivity contribution in [1.29, 1.82) is 0 Å². The molecular formula is C40H26N2O. The summed E-state index contributed by atoms with van der Waals surface area (Å²) in [5.74, 6) is 0.633. The molecule has 43 heavy (non-hydrogen) atoms. The van der Waals surface area contributed by atoms with Crippen molar-refractivity contribution in [3.63, 3.8) is 0 Å². The third kappa shape index (κ3) is 4.67. The fraction of sp³-hybridized carbons (Fsp3) is 0. The van der Waals surface area contributed by atoms with Gasteiger partial charge in [-0.1, -0.05) is 121 Å². The number of pyridine rings is 1. The first-order valence-corrected chi connectivity index (χ1v) is 14.4. The molecule has 0 spiro atoms. The first-order chi connectivity index (χ1) is 21.3. The van der Waals surface area contributed by atoms with Gasteiger partial charge in [-0.05, 0) is 69.4 Å². The van der Waals surface area contributed by atoms with Gasteiger partial charge in [-0.25, -0.2) is 9.97 Å². The molecule has 0 aliphatic heterocycles. The van der Waals surface area contributed by atoms with Crippen molar-refractivity contribution < 1.29 is 4.42 Å². The number of para-hydroxylation sites is 2. The SMILES string of the molecule is c1ccc(-c2cc(-c3ccc(-c4ccc(-c5nc6ccccc6o5)cc4)c4ccccc34)cc(-c3ccccc3)n2)cc1. The van der Waals surface area contributed by atoms with Gasteiger partial charge in [0.25, 0.3) is 0 Å². The number of aromatic nitrogens is 2. The molecule has 0 fully saturated rings. The van der Waals surface area contributed by atoms with Crippen LogP contribution in [0.1, 0.15) is 0 Å². The molecule has 8 aromatic rings. The van der Waals surface area contributed by atoms with E-state index in [1.165, 1.54) is 21.9 Å². The minimum Gasteiger partial charge on any atom is -0.436 e. The van der Waals surface area contributed by atoms with Crippen molar-refractivity contribution >= 4 is 21.9 Å². The second-order valence-electron chi connectivity index (χ2n) is 10.6. The Hall–Kier alpha value is -5.80.